The van der Waals surface area contributed by atoms with Crippen molar-refractivity contribution in [2.24, 2.45) is 0 Å². The molecule has 3 nitrogen and oxygen atoms in total. The predicted octanol–water partition coefficient (Wildman–Crippen LogP) is 4.23. The molecule has 102 valence electrons. The van der Waals surface area contributed by atoms with Gasteiger partial charge < -0.3 is 4.52 Å². The summed E-state index contributed by atoms with van der Waals surface area (Å²) in [5.74, 6) is 0.867. The number of benzene rings is 1. The van der Waals surface area contributed by atoms with Crippen LogP contribution in [-0.4, -0.2) is 17.1 Å². The molecule has 0 amide bonds. The van der Waals surface area contributed by atoms with Crippen LogP contribution in [0.5, 0.6) is 0 Å². The van der Waals surface area contributed by atoms with Gasteiger partial charge in [0.05, 0.1) is 5.69 Å². The Balaban J connectivity index is 2.07. The van der Waals surface area contributed by atoms with Crippen LogP contribution in [0.4, 0.5) is 0 Å². The van der Waals surface area contributed by atoms with Crippen LogP contribution in [-0.2, 0) is 13.1 Å². The van der Waals surface area contributed by atoms with Gasteiger partial charge in [-0.05, 0) is 38.6 Å². The lowest BCUT2D eigenvalue weighted by Gasteiger charge is -2.17. The monoisotopic (exact) mass is 298 g/mol. The Labute approximate surface area is 123 Å². The molecule has 0 aliphatic heterocycles. The number of rotatable bonds is 4. The van der Waals surface area contributed by atoms with Crippen molar-refractivity contribution in [2.75, 3.05) is 7.05 Å². The molecular weight excluding hydrogens is 283 g/mol. The summed E-state index contributed by atoms with van der Waals surface area (Å²) in [6, 6.07) is 5.57. The molecule has 0 aliphatic carbocycles. The number of halogens is 2. The normalized spacial score (nSPS) is 11.3. The molecule has 19 heavy (non-hydrogen) atoms. The quantitative estimate of drug-likeness (QED) is 0.846. The van der Waals surface area contributed by atoms with E-state index in [1.807, 2.05) is 33.0 Å². The summed E-state index contributed by atoms with van der Waals surface area (Å²) >= 11 is 12.1. The van der Waals surface area contributed by atoms with Gasteiger partial charge in [0.25, 0.3) is 0 Å². The van der Waals surface area contributed by atoms with E-state index in [0.29, 0.717) is 10.0 Å². The Hall–Kier alpha value is -1.03. The maximum absolute atomic E-state index is 6.18. The highest BCUT2D eigenvalue weighted by atomic mass is 35.5. The summed E-state index contributed by atoms with van der Waals surface area (Å²) in [5, 5.41) is 5.31. The number of aryl methyl sites for hydroxylation is 2. The molecule has 1 heterocycles. The van der Waals surface area contributed by atoms with Crippen LogP contribution in [0.25, 0.3) is 0 Å². The standard InChI is InChI=1S/C14H16Cl2N2O/c1-9-13(10(2)19-17-9)8-18(3)7-11-4-5-12(15)6-14(11)16/h4-6H,7-8H2,1-3H3. The zero-order valence-corrected chi connectivity index (χ0v) is 12.7. The molecule has 0 N–H and O–H groups in total. The minimum atomic E-state index is 0.655. The molecule has 1 aromatic carbocycles. The molecule has 0 fully saturated rings. The summed E-state index contributed by atoms with van der Waals surface area (Å²) in [6.07, 6.45) is 0. The van der Waals surface area contributed by atoms with E-state index >= 15 is 0 Å². The average molecular weight is 299 g/mol. The number of hydrogen-bond donors (Lipinski definition) is 0. The predicted molar refractivity (Wildman–Crippen MR) is 77.6 cm³/mol. The summed E-state index contributed by atoms with van der Waals surface area (Å²) in [5.41, 5.74) is 3.12. The minimum Gasteiger partial charge on any atom is -0.361 e. The zero-order chi connectivity index (χ0) is 14.0. The van der Waals surface area contributed by atoms with Crippen molar-refractivity contribution in [1.82, 2.24) is 10.1 Å². The highest BCUT2D eigenvalue weighted by molar-refractivity contribution is 6.35. The Morgan fingerprint density at radius 2 is 1.95 bits per heavy atom. The van der Waals surface area contributed by atoms with E-state index in [9.17, 15) is 0 Å². The number of aromatic nitrogens is 1. The largest absolute Gasteiger partial charge is 0.361 e. The second-order valence-corrected chi connectivity index (χ2v) is 5.55. The molecule has 0 saturated carbocycles. The van der Waals surface area contributed by atoms with Crippen LogP contribution in [0.3, 0.4) is 0 Å². The first-order valence-electron chi connectivity index (χ1n) is 6.01. The first-order valence-corrected chi connectivity index (χ1v) is 6.77. The second-order valence-electron chi connectivity index (χ2n) is 4.71. The van der Waals surface area contributed by atoms with Gasteiger partial charge in [0.2, 0.25) is 0 Å². The van der Waals surface area contributed by atoms with Crippen LogP contribution < -0.4 is 0 Å². The lowest BCUT2D eigenvalue weighted by atomic mass is 10.1. The van der Waals surface area contributed by atoms with Gasteiger partial charge in [-0.15, -0.1) is 0 Å². The molecule has 0 bridgehead atoms. The van der Waals surface area contributed by atoms with E-state index in [1.165, 1.54) is 0 Å². The van der Waals surface area contributed by atoms with Gasteiger partial charge in [-0.3, -0.25) is 4.90 Å². The van der Waals surface area contributed by atoms with Crippen LogP contribution in [0, 0.1) is 13.8 Å². The fraction of sp³-hybridized carbons (Fsp3) is 0.357. The van der Waals surface area contributed by atoms with Crippen molar-refractivity contribution in [3.05, 3.63) is 50.8 Å². The van der Waals surface area contributed by atoms with Gasteiger partial charge in [0.1, 0.15) is 5.76 Å². The fourth-order valence-corrected chi connectivity index (χ4v) is 2.46. The number of nitrogens with zero attached hydrogens (tertiary/aromatic N) is 2. The third-order valence-electron chi connectivity index (χ3n) is 3.06. The number of hydrogen-bond acceptors (Lipinski definition) is 3. The van der Waals surface area contributed by atoms with Gasteiger partial charge in [-0.1, -0.05) is 34.4 Å². The maximum Gasteiger partial charge on any atom is 0.138 e. The highest BCUT2D eigenvalue weighted by Crippen LogP contribution is 2.23. The first kappa shape index (κ1) is 14.4. The molecule has 0 spiro atoms. The molecule has 2 rings (SSSR count). The lowest BCUT2D eigenvalue weighted by molar-refractivity contribution is 0.315. The van der Waals surface area contributed by atoms with Crippen molar-refractivity contribution in [3.63, 3.8) is 0 Å². The highest BCUT2D eigenvalue weighted by Gasteiger charge is 2.12. The molecule has 0 atom stereocenters. The van der Waals surface area contributed by atoms with E-state index in [1.54, 1.807) is 6.07 Å². The Bertz CT molecular complexity index is 561. The van der Waals surface area contributed by atoms with Gasteiger partial charge in [0.15, 0.2) is 0 Å². The van der Waals surface area contributed by atoms with Gasteiger partial charge in [0, 0.05) is 28.7 Å². The molecule has 0 aliphatic rings. The van der Waals surface area contributed by atoms with E-state index in [2.05, 4.69) is 10.1 Å². The van der Waals surface area contributed by atoms with E-state index in [0.717, 1.165) is 35.7 Å². The maximum atomic E-state index is 6.18. The summed E-state index contributed by atoms with van der Waals surface area (Å²) in [7, 11) is 2.04. The Morgan fingerprint density at radius 1 is 1.21 bits per heavy atom. The molecular formula is C14H16Cl2N2O. The molecule has 1 aromatic heterocycles. The zero-order valence-electron chi connectivity index (χ0n) is 11.2. The van der Waals surface area contributed by atoms with Crippen molar-refractivity contribution < 1.29 is 4.52 Å². The van der Waals surface area contributed by atoms with Crippen LogP contribution in [0.2, 0.25) is 10.0 Å². The minimum absolute atomic E-state index is 0.655. The van der Waals surface area contributed by atoms with Crippen LogP contribution in [0.1, 0.15) is 22.6 Å². The third-order valence-corrected chi connectivity index (χ3v) is 3.65. The van der Waals surface area contributed by atoms with Crippen LogP contribution in [0.15, 0.2) is 22.7 Å². The van der Waals surface area contributed by atoms with E-state index in [4.69, 9.17) is 27.7 Å². The second kappa shape index (κ2) is 5.95. The van der Waals surface area contributed by atoms with Crippen molar-refractivity contribution in [2.45, 2.75) is 26.9 Å². The molecule has 0 saturated heterocycles. The van der Waals surface area contributed by atoms with E-state index < -0.39 is 0 Å². The average Bonchev–Trinajstić information content (AvgIpc) is 2.65. The molecule has 2 aromatic rings. The van der Waals surface area contributed by atoms with Gasteiger partial charge >= 0.3 is 0 Å². The topological polar surface area (TPSA) is 29.3 Å². The van der Waals surface area contributed by atoms with Crippen molar-refractivity contribution in [3.8, 4) is 0 Å². The SMILES string of the molecule is Cc1noc(C)c1CN(C)Cc1ccc(Cl)cc1Cl. The van der Waals surface area contributed by atoms with Crippen LogP contribution >= 0.6 is 23.2 Å². The van der Waals surface area contributed by atoms with Crippen molar-refractivity contribution in [1.29, 1.82) is 0 Å². The third kappa shape index (κ3) is 3.50. The van der Waals surface area contributed by atoms with E-state index in [-0.39, 0.29) is 0 Å². The summed E-state index contributed by atoms with van der Waals surface area (Å²) in [4.78, 5) is 2.17. The lowest BCUT2D eigenvalue weighted by Crippen LogP contribution is -2.18. The molecule has 0 radical (unpaired) electrons. The van der Waals surface area contributed by atoms with Crippen molar-refractivity contribution >= 4 is 23.2 Å². The molecule has 0 unspecified atom stereocenters. The summed E-state index contributed by atoms with van der Waals surface area (Å²) < 4.78 is 5.17. The summed E-state index contributed by atoms with van der Waals surface area (Å²) in [6.45, 7) is 5.41. The van der Waals surface area contributed by atoms with Gasteiger partial charge in [-0.25, -0.2) is 0 Å². The van der Waals surface area contributed by atoms with Gasteiger partial charge in [-0.2, -0.15) is 0 Å². The smallest absolute Gasteiger partial charge is 0.138 e. The molecule has 5 heteroatoms. The first-order chi connectivity index (χ1) is 8.97. The Morgan fingerprint density at radius 3 is 2.53 bits per heavy atom. The Kier molecular flexibility index (Phi) is 4.50. The fourth-order valence-electron chi connectivity index (χ4n) is 1.99.